The van der Waals surface area contributed by atoms with E-state index in [1.165, 1.54) is 0 Å². The first kappa shape index (κ1) is 8.57. The Bertz CT molecular complexity index is 188. The van der Waals surface area contributed by atoms with E-state index >= 15 is 0 Å². The van der Waals surface area contributed by atoms with Gasteiger partial charge in [-0.1, -0.05) is 0 Å². The third kappa shape index (κ3) is 1.82. The van der Waals surface area contributed by atoms with Crippen LogP contribution in [0.15, 0.2) is 0 Å². The van der Waals surface area contributed by atoms with Gasteiger partial charge in [0.25, 0.3) is 0 Å². The first-order valence-electron chi connectivity index (χ1n) is 2.27. The maximum Gasteiger partial charge on any atom is 0.351 e. The minimum Gasteiger partial charge on any atom is -0.480 e. The monoisotopic (exact) mass is 146 g/mol. The van der Waals surface area contributed by atoms with Gasteiger partial charge >= 0.3 is 11.9 Å². The van der Waals surface area contributed by atoms with E-state index in [-0.39, 0.29) is 0 Å². The van der Waals surface area contributed by atoms with Crippen LogP contribution < -0.4 is 5.73 Å². The van der Waals surface area contributed by atoms with Crippen molar-refractivity contribution >= 4 is 17.7 Å². The van der Waals surface area contributed by atoms with Crippen LogP contribution in [0, 0.1) is 5.41 Å². The van der Waals surface area contributed by atoms with Gasteiger partial charge in [-0.25, -0.2) is 4.79 Å². The van der Waals surface area contributed by atoms with Crippen molar-refractivity contribution in [3.05, 3.63) is 0 Å². The van der Waals surface area contributed by atoms with E-state index in [0.717, 1.165) is 0 Å². The topological polar surface area (TPSA) is 124 Å². The molecule has 6 heteroatoms. The summed E-state index contributed by atoms with van der Waals surface area (Å²) in [6.07, 6.45) is 0. The number of carboxylic acid groups (broad SMARTS) is 2. The highest BCUT2D eigenvalue weighted by Crippen LogP contribution is 1.82. The van der Waals surface area contributed by atoms with E-state index in [1.807, 2.05) is 0 Å². The lowest BCUT2D eigenvalue weighted by molar-refractivity contribution is -0.138. The molecule has 0 aromatic heterocycles. The second-order valence-electron chi connectivity index (χ2n) is 1.53. The third-order valence-corrected chi connectivity index (χ3v) is 0.807. The highest BCUT2D eigenvalue weighted by atomic mass is 16.4. The van der Waals surface area contributed by atoms with Crippen molar-refractivity contribution < 1.29 is 19.8 Å². The largest absolute Gasteiger partial charge is 0.480 e. The van der Waals surface area contributed by atoms with Crippen LogP contribution in [0.25, 0.3) is 0 Å². The predicted molar refractivity (Wildman–Crippen MR) is 31.0 cm³/mol. The Hall–Kier alpha value is -1.43. The zero-order valence-electron chi connectivity index (χ0n) is 4.87. The summed E-state index contributed by atoms with van der Waals surface area (Å²) >= 11 is 0. The van der Waals surface area contributed by atoms with Gasteiger partial charge in [0, 0.05) is 0 Å². The molecule has 10 heavy (non-hydrogen) atoms. The lowest BCUT2D eigenvalue weighted by Crippen LogP contribution is -2.41. The number of rotatable bonds is 3. The Morgan fingerprint density at radius 2 is 1.80 bits per heavy atom. The lowest BCUT2D eigenvalue weighted by atomic mass is 10.2. The Morgan fingerprint density at radius 3 is 1.90 bits per heavy atom. The molecule has 0 fully saturated rings. The first-order valence-corrected chi connectivity index (χ1v) is 2.27. The molecular weight excluding hydrogens is 140 g/mol. The van der Waals surface area contributed by atoms with Gasteiger partial charge in [-0.05, 0) is 0 Å². The van der Waals surface area contributed by atoms with E-state index in [1.54, 1.807) is 0 Å². The molecule has 0 saturated carbocycles. The number of nitrogens with two attached hydrogens (primary N) is 1. The first-order chi connectivity index (χ1) is 4.46. The molecule has 0 aliphatic heterocycles. The van der Waals surface area contributed by atoms with Gasteiger partial charge in [0.2, 0.25) is 0 Å². The van der Waals surface area contributed by atoms with Crippen LogP contribution in [-0.4, -0.2) is 33.9 Å². The van der Waals surface area contributed by atoms with Crippen LogP contribution in [0.3, 0.4) is 0 Å². The summed E-state index contributed by atoms with van der Waals surface area (Å²) in [5.74, 6) is -3.14. The fourth-order valence-electron chi connectivity index (χ4n) is 0.257. The Kier molecular flexibility index (Phi) is 2.51. The van der Waals surface area contributed by atoms with Gasteiger partial charge in [-0.15, -0.1) is 0 Å². The number of carbonyl (C=O) groups is 2. The molecule has 0 aliphatic carbocycles. The minimum absolute atomic E-state index is 1.02. The molecule has 0 radical (unpaired) electrons. The zero-order chi connectivity index (χ0) is 8.31. The van der Waals surface area contributed by atoms with Crippen LogP contribution in [0.4, 0.5) is 0 Å². The van der Waals surface area contributed by atoms with Crippen molar-refractivity contribution in [2.45, 2.75) is 6.04 Å². The summed E-state index contributed by atoms with van der Waals surface area (Å²) in [6, 6.07) is -1.74. The molecule has 0 amide bonds. The van der Waals surface area contributed by atoms with E-state index in [9.17, 15) is 9.59 Å². The Labute approximate surface area is 55.8 Å². The molecule has 0 heterocycles. The molecule has 0 rings (SSSR count). The molecule has 0 aromatic carbocycles. The lowest BCUT2D eigenvalue weighted by Gasteiger charge is -2.01. The fraction of sp³-hybridized carbons (Fsp3) is 0.250. The molecule has 0 bridgehead atoms. The summed E-state index contributed by atoms with van der Waals surface area (Å²) < 4.78 is 0. The summed E-state index contributed by atoms with van der Waals surface area (Å²) in [6.45, 7) is 0. The van der Waals surface area contributed by atoms with E-state index in [2.05, 4.69) is 0 Å². The second-order valence-corrected chi connectivity index (χ2v) is 1.53. The molecular formula is C4H6N2O4. The van der Waals surface area contributed by atoms with Gasteiger partial charge in [-0.3, -0.25) is 10.2 Å². The van der Waals surface area contributed by atoms with Crippen LogP contribution in [0.1, 0.15) is 0 Å². The molecule has 0 saturated heterocycles. The SMILES string of the molecule is N=C(C(=O)O)C(N)C(=O)O. The van der Waals surface area contributed by atoms with Crippen molar-refractivity contribution in [2.24, 2.45) is 5.73 Å². The molecule has 1 unspecified atom stereocenters. The van der Waals surface area contributed by atoms with E-state index in [0.29, 0.717) is 0 Å². The Morgan fingerprint density at radius 1 is 1.40 bits per heavy atom. The summed E-state index contributed by atoms with van der Waals surface area (Å²) in [5.41, 5.74) is 3.74. The van der Waals surface area contributed by atoms with Gasteiger partial charge in [0.1, 0.15) is 5.71 Å². The molecule has 1 atom stereocenters. The molecule has 0 aliphatic rings. The van der Waals surface area contributed by atoms with E-state index < -0.39 is 23.7 Å². The van der Waals surface area contributed by atoms with Crippen LogP contribution in [0.5, 0.6) is 0 Å². The number of aliphatic carboxylic acids is 2. The normalized spacial score (nSPS) is 12.1. The average molecular weight is 146 g/mol. The summed E-state index contributed by atoms with van der Waals surface area (Å²) in [7, 11) is 0. The molecule has 6 nitrogen and oxygen atoms in total. The minimum atomic E-state index is -1.74. The smallest absolute Gasteiger partial charge is 0.351 e. The standard InChI is InChI=1S/C4H6N2O4/c5-1(3(7)8)2(6)4(9)10/h1,6H,5H2,(H,7,8)(H,9,10). The molecule has 0 aromatic rings. The third-order valence-electron chi connectivity index (χ3n) is 0.807. The maximum absolute atomic E-state index is 9.92. The molecule has 0 spiro atoms. The number of nitrogens with one attached hydrogen (secondary N) is 1. The van der Waals surface area contributed by atoms with Gasteiger partial charge in [-0.2, -0.15) is 0 Å². The van der Waals surface area contributed by atoms with Crippen molar-refractivity contribution in [1.29, 1.82) is 5.41 Å². The average Bonchev–Trinajstić information content (AvgIpc) is 1.84. The van der Waals surface area contributed by atoms with Crippen molar-refractivity contribution in [1.82, 2.24) is 0 Å². The van der Waals surface area contributed by atoms with Gasteiger partial charge in [0.05, 0.1) is 0 Å². The van der Waals surface area contributed by atoms with Crippen molar-refractivity contribution in [3.8, 4) is 0 Å². The zero-order valence-corrected chi connectivity index (χ0v) is 4.87. The highest BCUT2D eigenvalue weighted by molar-refractivity contribution is 6.40. The predicted octanol–water partition coefficient (Wildman–Crippen LogP) is -1.50. The number of hydrogen-bond donors (Lipinski definition) is 4. The van der Waals surface area contributed by atoms with Gasteiger partial charge in [0.15, 0.2) is 6.04 Å². The maximum atomic E-state index is 9.92. The second kappa shape index (κ2) is 2.92. The van der Waals surface area contributed by atoms with Gasteiger partial charge < -0.3 is 15.9 Å². The summed E-state index contributed by atoms with van der Waals surface area (Å²) in [4.78, 5) is 19.8. The van der Waals surface area contributed by atoms with Crippen molar-refractivity contribution in [3.63, 3.8) is 0 Å². The van der Waals surface area contributed by atoms with Crippen LogP contribution in [-0.2, 0) is 9.59 Å². The quantitative estimate of drug-likeness (QED) is 0.361. The molecule has 5 N–H and O–H groups in total. The number of carboxylic acids is 2. The fourth-order valence-corrected chi connectivity index (χ4v) is 0.257. The van der Waals surface area contributed by atoms with Crippen LogP contribution >= 0.6 is 0 Å². The number of hydrogen-bond acceptors (Lipinski definition) is 4. The summed E-state index contributed by atoms with van der Waals surface area (Å²) in [5, 5.41) is 22.7. The molecule has 56 valence electrons. The van der Waals surface area contributed by atoms with Crippen LogP contribution in [0.2, 0.25) is 0 Å². The van der Waals surface area contributed by atoms with E-state index in [4.69, 9.17) is 21.4 Å². The van der Waals surface area contributed by atoms with Crippen molar-refractivity contribution in [2.75, 3.05) is 0 Å². The Balaban J connectivity index is 4.22. The highest BCUT2D eigenvalue weighted by Gasteiger charge is 2.22.